The number of likely N-dealkylation sites (tertiary alicyclic amines) is 2. The molecule has 0 atom stereocenters. The molecule has 2 aliphatic heterocycles. The van der Waals surface area contributed by atoms with Gasteiger partial charge in [0.05, 0.1) is 68.9 Å². The van der Waals surface area contributed by atoms with E-state index in [1.54, 1.807) is 4.68 Å². The van der Waals surface area contributed by atoms with Gasteiger partial charge in [0.15, 0.2) is 19.7 Å². The fourth-order valence-electron chi connectivity index (χ4n) is 3.51. The van der Waals surface area contributed by atoms with Crippen molar-refractivity contribution in [1.82, 2.24) is 24.8 Å². The third-order valence-electron chi connectivity index (χ3n) is 5.82. The Morgan fingerprint density at radius 2 is 1.43 bits per heavy atom. The molecule has 15 heteroatoms. The van der Waals surface area contributed by atoms with Gasteiger partial charge in [0.2, 0.25) is 0 Å². The van der Waals surface area contributed by atoms with Crippen LogP contribution in [0.5, 0.6) is 0 Å². The van der Waals surface area contributed by atoms with Crippen LogP contribution in [0, 0.1) is 12.3 Å². The molecule has 1 aromatic heterocycles. The van der Waals surface area contributed by atoms with E-state index in [9.17, 15) is 16.8 Å². The highest BCUT2D eigenvalue weighted by Crippen LogP contribution is 2.17. The number of aromatic nitrogens is 3. The lowest BCUT2D eigenvalue weighted by molar-refractivity contribution is 0.0141. The van der Waals surface area contributed by atoms with Gasteiger partial charge in [-0.3, -0.25) is 9.80 Å². The molecule has 13 nitrogen and oxygen atoms in total. The summed E-state index contributed by atoms with van der Waals surface area (Å²) in [5, 5.41) is 7.73. The van der Waals surface area contributed by atoms with E-state index in [0.717, 1.165) is 5.69 Å². The number of sulfone groups is 2. The van der Waals surface area contributed by atoms with Crippen LogP contribution in [0.4, 0.5) is 0 Å². The lowest BCUT2D eigenvalue weighted by Crippen LogP contribution is -2.54. The van der Waals surface area contributed by atoms with Crippen molar-refractivity contribution in [2.24, 2.45) is 5.73 Å². The maximum Gasteiger partial charge on any atom is 0.152 e. The SMILES string of the molecule is C#CCN1CC(S(C)(=O)=O)C1.CS(=O)(=O)C1CN(Cc2cn(CCOCCOCCOCCN)nn2)C1. The van der Waals surface area contributed by atoms with Gasteiger partial charge in [0.25, 0.3) is 0 Å². The Kier molecular flexibility index (Phi) is 13.4. The molecular formula is C22H40N6O7S2. The minimum atomic E-state index is -2.94. The summed E-state index contributed by atoms with van der Waals surface area (Å²) in [4.78, 5) is 3.98. The first kappa shape index (κ1) is 31.6. The van der Waals surface area contributed by atoms with E-state index in [2.05, 4.69) is 16.2 Å². The van der Waals surface area contributed by atoms with E-state index >= 15 is 0 Å². The highest BCUT2D eigenvalue weighted by molar-refractivity contribution is 7.91. The summed E-state index contributed by atoms with van der Waals surface area (Å²) >= 11 is 0. The van der Waals surface area contributed by atoms with Crippen molar-refractivity contribution in [2.45, 2.75) is 23.6 Å². The largest absolute Gasteiger partial charge is 0.378 e. The quantitative estimate of drug-likeness (QED) is 0.172. The molecule has 0 spiro atoms. The molecule has 2 fully saturated rings. The second-order valence-corrected chi connectivity index (χ2v) is 13.7. The average molecular weight is 565 g/mol. The highest BCUT2D eigenvalue weighted by Gasteiger charge is 2.35. The first-order chi connectivity index (χ1) is 17.5. The Labute approximate surface area is 220 Å². The third-order valence-corrected chi connectivity index (χ3v) is 8.83. The molecule has 0 aliphatic carbocycles. The van der Waals surface area contributed by atoms with Gasteiger partial charge < -0.3 is 19.9 Å². The number of terminal acetylenes is 1. The molecular weight excluding hydrogens is 524 g/mol. The van der Waals surface area contributed by atoms with Crippen LogP contribution in [0.25, 0.3) is 0 Å². The lowest BCUT2D eigenvalue weighted by atomic mass is 10.2. The predicted molar refractivity (Wildman–Crippen MR) is 139 cm³/mol. The third kappa shape index (κ3) is 12.2. The molecule has 212 valence electrons. The van der Waals surface area contributed by atoms with E-state index in [1.165, 1.54) is 12.5 Å². The summed E-state index contributed by atoms with van der Waals surface area (Å²) < 4.78 is 62.3. The van der Waals surface area contributed by atoms with Crippen molar-refractivity contribution in [1.29, 1.82) is 0 Å². The van der Waals surface area contributed by atoms with E-state index in [4.69, 9.17) is 26.4 Å². The Morgan fingerprint density at radius 1 is 0.919 bits per heavy atom. The van der Waals surface area contributed by atoms with Crippen LogP contribution in [0.15, 0.2) is 6.20 Å². The van der Waals surface area contributed by atoms with Gasteiger partial charge >= 0.3 is 0 Å². The summed E-state index contributed by atoms with van der Waals surface area (Å²) in [5.74, 6) is 2.47. The van der Waals surface area contributed by atoms with Crippen LogP contribution < -0.4 is 5.73 Å². The molecule has 0 bridgehead atoms. The smallest absolute Gasteiger partial charge is 0.152 e. The Morgan fingerprint density at radius 3 is 1.95 bits per heavy atom. The summed E-state index contributed by atoms with van der Waals surface area (Å²) in [6, 6.07) is 0. The van der Waals surface area contributed by atoms with Crippen LogP contribution >= 0.6 is 0 Å². The Hall–Kier alpha value is -1.64. The normalized spacial score (nSPS) is 17.5. The molecule has 0 unspecified atom stereocenters. The van der Waals surface area contributed by atoms with Gasteiger partial charge in [-0.25, -0.2) is 21.5 Å². The molecule has 2 N–H and O–H groups in total. The Balaban J connectivity index is 0.000000364. The molecule has 2 aliphatic rings. The van der Waals surface area contributed by atoms with Crippen molar-refractivity contribution in [2.75, 3.05) is 91.4 Å². The molecule has 3 heterocycles. The summed E-state index contributed by atoms with van der Waals surface area (Å²) in [6.45, 7) is 7.82. The highest BCUT2D eigenvalue weighted by atomic mass is 32.2. The van der Waals surface area contributed by atoms with Gasteiger partial charge in [-0.1, -0.05) is 11.1 Å². The molecule has 1 aromatic rings. The number of hydrogen-bond acceptors (Lipinski definition) is 12. The summed E-state index contributed by atoms with van der Waals surface area (Å²) in [6.07, 6.45) is 9.47. The van der Waals surface area contributed by atoms with Crippen molar-refractivity contribution in [3.05, 3.63) is 11.9 Å². The van der Waals surface area contributed by atoms with E-state index in [-0.39, 0.29) is 10.5 Å². The molecule has 37 heavy (non-hydrogen) atoms. The zero-order chi connectivity index (χ0) is 27.3. The van der Waals surface area contributed by atoms with Gasteiger partial charge in [0.1, 0.15) is 0 Å². The standard InChI is InChI=1S/C15H29N5O5S.C7H11NO2S/c1-26(21,22)15-12-19(13-15)10-14-11-20(18-17-14)3-5-24-7-9-25-8-6-23-4-2-16;1-3-4-8-5-7(6-8)11(2,9)10/h11,15H,2-10,12-13,16H2,1H3;1,7H,4-6H2,2H3. The second-order valence-electron chi connectivity index (χ2n) is 9.09. The molecule has 0 saturated carbocycles. The second kappa shape index (κ2) is 15.7. The monoisotopic (exact) mass is 564 g/mol. The van der Waals surface area contributed by atoms with Crippen LogP contribution in [0.3, 0.4) is 0 Å². The number of nitrogens with zero attached hydrogens (tertiary/aromatic N) is 5. The molecule has 2 saturated heterocycles. The number of nitrogens with two attached hydrogens (primary N) is 1. The topological polar surface area (TPSA) is 159 Å². The summed E-state index contributed by atoms with van der Waals surface area (Å²) in [5.41, 5.74) is 6.14. The van der Waals surface area contributed by atoms with E-state index in [0.29, 0.717) is 92.0 Å². The first-order valence-corrected chi connectivity index (χ1v) is 16.0. The van der Waals surface area contributed by atoms with Crippen LogP contribution in [-0.2, 0) is 47.0 Å². The van der Waals surface area contributed by atoms with Crippen molar-refractivity contribution in [3.8, 4) is 12.3 Å². The van der Waals surface area contributed by atoms with Crippen molar-refractivity contribution >= 4 is 19.7 Å². The predicted octanol–water partition coefficient (Wildman–Crippen LogP) is -2.14. The molecule has 0 aromatic carbocycles. The van der Waals surface area contributed by atoms with Gasteiger partial charge in [-0.15, -0.1) is 11.5 Å². The van der Waals surface area contributed by atoms with E-state index < -0.39 is 19.7 Å². The van der Waals surface area contributed by atoms with E-state index in [1.807, 2.05) is 16.0 Å². The fourth-order valence-corrected chi connectivity index (χ4v) is 5.43. The molecule has 0 radical (unpaired) electrons. The zero-order valence-electron chi connectivity index (χ0n) is 21.7. The first-order valence-electron chi connectivity index (χ1n) is 12.1. The van der Waals surface area contributed by atoms with Crippen LogP contribution in [0.2, 0.25) is 0 Å². The summed E-state index contributed by atoms with van der Waals surface area (Å²) in [7, 11) is -5.76. The molecule has 3 rings (SSSR count). The van der Waals surface area contributed by atoms with Crippen molar-refractivity contribution in [3.63, 3.8) is 0 Å². The average Bonchev–Trinajstić information content (AvgIpc) is 3.20. The van der Waals surface area contributed by atoms with Crippen LogP contribution in [-0.4, -0.2) is 144 Å². The maximum atomic E-state index is 11.4. The van der Waals surface area contributed by atoms with Crippen LogP contribution in [0.1, 0.15) is 5.69 Å². The lowest BCUT2D eigenvalue weighted by Gasteiger charge is -2.37. The van der Waals surface area contributed by atoms with Gasteiger partial charge in [-0.2, -0.15) is 0 Å². The number of hydrogen-bond donors (Lipinski definition) is 1. The minimum absolute atomic E-state index is 0.184. The molecule has 0 amide bonds. The minimum Gasteiger partial charge on any atom is -0.378 e. The van der Waals surface area contributed by atoms with Crippen molar-refractivity contribution < 1.29 is 31.0 Å². The Bertz CT molecular complexity index is 1050. The van der Waals surface area contributed by atoms with Gasteiger partial charge in [0, 0.05) is 58.0 Å². The number of ether oxygens (including phenoxy) is 3. The number of rotatable bonds is 16. The van der Waals surface area contributed by atoms with Gasteiger partial charge in [-0.05, 0) is 0 Å². The fraction of sp³-hybridized carbons (Fsp3) is 0.818. The maximum absolute atomic E-state index is 11.4. The zero-order valence-corrected chi connectivity index (χ0v) is 23.3.